The third kappa shape index (κ3) is 3.84. The minimum Gasteiger partial charge on any atom is -0.457 e. The van der Waals surface area contributed by atoms with Crippen LogP contribution >= 0.6 is 0 Å². The van der Waals surface area contributed by atoms with Gasteiger partial charge in [0.05, 0.1) is 0 Å². The lowest BCUT2D eigenvalue weighted by Crippen LogP contribution is -2.18. The van der Waals surface area contributed by atoms with Crippen molar-refractivity contribution in [2.24, 2.45) is 5.73 Å². The molecular weight excluding hydrogens is 246 g/mol. The minimum absolute atomic E-state index is 0.182. The smallest absolute Gasteiger partial charge is 0.127 e. The van der Waals surface area contributed by atoms with Crippen LogP contribution in [-0.4, -0.2) is 6.04 Å². The molecule has 0 heterocycles. The molecule has 106 valence electrons. The standard InChI is InChI=1S/C18H23NO/c1-4-15-6-5-7-17(12-15)20-18-9-8-16(11-14(3)19)13(2)10-18/h5-10,12,14H,4,11,19H2,1-3H3. The van der Waals surface area contributed by atoms with E-state index in [0.29, 0.717) is 0 Å². The first-order valence-electron chi connectivity index (χ1n) is 7.20. The maximum absolute atomic E-state index is 5.93. The molecule has 0 saturated heterocycles. The third-order valence-electron chi connectivity index (χ3n) is 3.40. The number of aryl methyl sites for hydroxylation is 2. The van der Waals surface area contributed by atoms with Crippen LogP contribution in [0.5, 0.6) is 11.5 Å². The van der Waals surface area contributed by atoms with Crippen molar-refractivity contribution >= 4 is 0 Å². The van der Waals surface area contributed by atoms with Gasteiger partial charge in [0.1, 0.15) is 11.5 Å². The second-order valence-electron chi connectivity index (χ2n) is 5.37. The molecule has 2 rings (SSSR count). The maximum atomic E-state index is 5.93. The summed E-state index contributed by atoms with van der Waals surface area (Å²) < 4.78 is 5.93. The second-order valence-corrected chi connectivity index (χ2v) is 5.37. The van der Waals surface area contributed by atoms with E-state index in [1.165, 1.54) is 16.7 Å². The Morgan fingerprint density at radius 1 is 1.10 bits per heavy atom. The summed E-state index contributed by atoms with van der Waals surface area (Å²) >= 11 is 0. The summed E-state index contributed by atoms with van der Waals surface area (Å²) in [6, 6.07) is 14.6. The third-order valence-corrected chi connectivity index (χ3v) is 3.40. The molecule has 0 fully saturated rings. The highest BCUT2D eigenvalue weighted by atomic mass is 16.5. The number of rotatable bonds is 5. The average molecular weight is 269 g/mol. The highest BCUT2D eigenvalue weighted by molar-refractivity contribution is 5.39. The van der Waals surface area contributed by atoms with Gasteiger partial charge in [-0.2, -0.15) is 0 Å². The topological polar surface area (TPSA) is 35.2 Å². The van der Waals surface area contributed by atoms with Crippen molar-refractivity contribution in [3.63, 3.8) is 0 Å². The maximum Gasteiger partial charge on any atom is 0.127 e. The molecule has 2 aromatic carbocycles. The van der Waals surface area contributed by atoms with E-state index in [1.54, 1.807) is 0 Å². The Morgan fingerprint density at radius 2 is 1.85 bits per heavy atom. The van der Waals surface area contributed by atoms with Gasteiger partial charge < -0.3 is 10.5 Å². The Morgan fingerprint density at radius 3 is 2.50 bits per heavy atom. The minimum atomic E-state index is 0.182. The van der Waals surface area contributed by atoms with Gasteiger partial charge in [-0.25, -0.2) is 0 Å². The van der Waals surface area contributed by atoms with Gasteiger partial charge in [0.15, 0.2) is 0 Å². The molecule has 0 saturated carbocycles. The lowest BCUT2D eigenvalue weighted by Gasteiger charge is -2.12. The predicted molar refractivity (Wildman–Crippen MR) is 84.4 cm³/mol. The molecule has 0 radical (unpaired) electrons. The van der Waals surface area contributed by atoms with Gasteiger partial charge in [-0.3, -0.25) is 0 Å². The van der Waals surface area contributed by atoms with Crippen molar-refractivity contribution in [2.45, 2.75) is 39.7 Å². The SMILES string of the molecule is CCc1cccc(Oc2ccc(CC(C)N)c(C)c2)c1. The first kappa shape index (κ1) is 14.6. The van der Waals surface area contributed by atoms with E-state index in [0.717, 1.165) is 24.3 Å². The van der Waals surface area contributed by atoms with Crippen molar-refractivity contribution in [2.75, 3.05) is 0 Å². The normalized spacial score (nSPS) is 12.2. The molecule has 1 atom stereocenters. The zero-order valence-electron chi connectivity index (χ0n) is 12.5. The van der Waals surface area contributed by atoms with Crippen molar-refractivity contribution in [1.82, 2.24) is 0 Å². The molecule has 0 spiro atoms. The summed E-state index contributed by atoms with van der Waals surface area (Å²) in [6.45, 7) is 6.28. The molecule has 0 aliphatic heterocycles. The van der Waals surface area contributed by atoms with Crippen LogP contribution < -0.4 is 10.5 Å². The molecular formula is C18H23NO. The van der Waals surface area contributed by atoms with Gasteiger partial charge in [0.25, 0.3) is 0 Å². The molecule has 20 heavy (non-hydrogen) atoms. The van der Waals surface area contributed by atoms with E-state index in [4.69, 9.17) is 10.5 Å². The molecule has 0 bridgehead atoms. The molecule has 2 aromatic rings. The van der Waals surface area contributed by atoms with E-state index >= 15 is 0 Å². The Bertz CT molecular complexity index is 575. The summed E-state index contributed by atoms with van der Waals surface area (Å²) in [5.74, 6) is 1.77. The van der Waals surface area contributed by atoms with Gasteiger partial charge in [-0.05, 0) is 67.6 Å². The monoisotopic (exact) mass is 269 g/mol. The number of benzene rings is 2. The summed E-state index contributed by atoms with van der Waals surface area (Å²) in [5.41, 5.74) is 9.66. The fourth-order valence-corrected chi connectivity index (χ4v) is 2.27. The fraction of sp³-hybridized carbons (Fsp3) is 0.333. The zero-order valence-corrected chi connectivity index (χ0v) is 12.5. The molecule has 0 aliphatic rings. The molecule has 2 N–H and O–H groups in total. The lowest BCUT2D eigenvalue weighted by molar-refractivity contribution is 0.481. The molecule has 0 amide bonds. The number of hydrogen-bond acceptors (Lipinski definition) is 2. The van der Waals surface area contributed by atoms with Crippen LogP contribution in [0.1, 0.15) is 30.5 Å². The molecule has 2 heteroatoms. The quantitative estimate of drug-likeness (QED) is 0.881. The second kappa shape index (κ2) is 6.58. The van der Waals surface area contributed by atoms with Gasteiger partial charge >= 0.3 is 0 Å². The van der Waals surface area contributed by atoms with Crippen molar-refractivity contribution in [3.05, 3.63) is 59.2 Å². The first-order chi connectivity index (χ1) is 9.58. The van der Waals surface area contributed by atoms with Crippen LogP contribution in [0.25, 0.3) is 0 Å². The molecule has 2 nitrogen and oxygen atoms in total. The van der Waals surface area contributed by atoms with Crippen molar-refractivity contribution in [3.8, 4) is 11.5 Å². The molecule has 0 aliphatic carbocycles. The van der Waals surface area contributed by atoms with Crippen LogP contribution in [0.4, 0.5) is 0 Å². The Labute approximate surface area is 121 Å². The predicted octanol–water partition coefficient (Wildman–Crippen LogP) is 4.24. The Balaban J connectivity index is 2.15. The van der Waals surface area contributed by atoms with Crippen LogP contribution in [0.15, 0.2) is 42.5 Å². The summed E-state index contributed by atoms with van der Waals surface area (Å²) in [7, 11) is 0. The lowest BCUT2D eigenvalue weighted by atomic mass is 10.0. The van der Waals surface area contributed by atoms with E-state index in [1.807, 2.05) is 25.1 Å². The van der Waals surface area contributed by atoms with Crippen molar-refractivity contribution in [1.29, 1.82) is 0 Å². The number of hydrogen-bond donors (Lipinski definition) is 1. The number of nitrogens with two attached hydrogens (primary N) is 1. The first-order valence-corrected chi connectivity index (χ1v) is 7.20. The summed E-state index contributed by atoms with van der Waals surface area (Å²) in [4.78, 5) is 0. The number of ether oxygens (including phenoxy) is 1. The average Bonchev–Trinajstić information content (AvgIpc) is 2.42. The molecule has 1 unspecified atom stereocenters. The van der Waals surface area contributed by atoms with Crippen LogP contribution in [0.2, 0.25) is 0 Å². The van der Waals surface area contributed by atoms with Gasteiger partial charge in [0.2, 0.25) is 0 Å². The van der Waals surface area contributed by atoms with Crippen molar-refractivity contribution < 1.29 is 4.74 Å². The zero-order chi connectivity index (χ0) is 14.5. The Hall–Kier alpha value is -1.80. The van der Waals surface area contributed by atoms with Gasteiger partial charge in [-0.1, -0.05) is 25.1 Å². The summed E-state index contributed by atoms with van der Waals surface area (Å²) in [5, 5.41) is 0. The van der Waals surface area contributed by atoms with Gasteiger partial charge in [-0.15, -0.1) is 0 Å². The molecule has 0 aromatic heterocycles. The fourth-order valence-electron chi connectivity index (χ4n) is 2.27. The van der Waals surface area contributed by atoms with Crippen LogP contribution in [0.3, 0.4) is 0 Å². The van der Waals surface area contributed by atoms with E-state index in [-0.39, 0.29) is 6.04 Å². The van der Waals surface area contributed by atoms with E-state index < -0.39 is 0 Å². The van der Waals surface area contributed by atoms with Crippen LogP contribution in [0, 0.1) is 6.92 Å². The highest BCUT2D eigenvalue weighted by Gasteiger charge is 2.05. The van der Waals surface area contributed by atoms with E-state index in [9.17, 15) is 0 Å². The highest BCUT2D eigenvalue weighted by Crippen LogP contribution is 2.25. The van der Waals surface area contributed by atoms with Gasteiger partial charge in [0, 0.05) is 6.04 Å². The Kier molecular flexibility index (Phi) is 4.80. The summed E-state index contributed by atoms with van der Waals surface area (Å²) in [6.07, 6.45) is 1.92. The largest absolute Gasteiger partial charge is 0.457 e. The van der Waals surface area contributed by atoms with E-state index in [2.05, 4.69) is 38.1 Å². The van der Waals surface area contributed by atoms with Crippen LogP contribution in [-0.2, 0) is 12.8 Å².